The minimum absolute atomic E-state index is 0.337. The summed E-state index contributed by atoms with van der Waals surface area (Å²) in [4.78, 5) is 12.2. The predicted octanol–water partition coefficient (Wildman–Crippen LogP) is 1.88. The van der Waals surface area contributed by atoms with Crippen LogP contribution in [0.1, 0.15) is 12.0 Å². The van der Waals surface area contributed by atoms with Gasteiger partial charge in [-0.3, -0.25) is 0 Å². The average Bonchev–Trinajstić information content (AvgIpc) is 2.63. The number of hydrogen-bond donors (Lipinski definition) is 2. The van der Waals surface area contributed by atoms with Gasteiger partial charge < -0.3 is 15.7 Å². The van der Waals surface area contributed by atoms with Crippen molar-refractivity contribution in [3.8, 4) is 0 Å². The van der Waals surface area contributed by atoms with E-state index in [0.717, 1.165) is 5.56 Å². The molecule has 1 fully saturated rings. The fourth-order valence-electron chi connectivity index (χ4n) is 2.01. The zero-order valence-electron chi connectivity index (χ0n) is 8.69. The Hall–Kier alpha value is -1.26. The number of nitrogens with two attached hydrogens (primary N) is 1. The van der Waals surface area contributed by atoms with E-state index >= 15 is 0 Å². The van der Waals surface area contributed by atoms with E-state index in [9.17, 15) is 4.79 Å². The minimum atomic E-state index is -0.915. The van der Waals surface area contributed by atoms with Crippen molar-refractivity contribution in [2.24, 2.45) is 5.73 Å². The molecule has 1 atom stereocenters. The topological polar surface area (TPSA) is 66.6 Å². The maximum atomic E-state index is 10.8. The van der Waals surface area contributed by atoms with Gasteiger partial charge in [0.1, 0.15) is 0 Å². The second kappa shape index (κ2) is 3.96. The first-order valence-corrected chi connectivity index (χ1v) is 5.42. The van der Waals surface area contributed by atoms with Crippen molar-refractivity contribution in [1.29, 1.82) is 0 Å². The van der Waals surface area contributed by atoms with Crippen LogP contribution in [0.15, 0.2) is 24.3 Å². The summed E-state index contributed by atoms with van der Waals surface area (Å²) in [5.41, 5.74) is 6.56. The Balaban J connectivity index is 2.21. The largest absolute Gasteiger partial charge is 0.465 e. The van der Waals surface area contributed by atoms with Crippen LogP contribution in [-0.4, -0.2) is 29.2 Å². The standard InChI is InChI=1S/C11H13ClN2O2/c12-9-3-1-8(2-4-9)11(13)5-6-14(7-11)10(15)16/h1-4H,5-7,13H2,(H,15,16). The third-order valence-corrected chi connectivity index (χ3v) is 3.24. The Morgan fingerprint density at radius 2 is 2.06 bits per heavy atom. The highest BCUT2D eigenvalue weighted by Gasteiger charge is 2.37. The van der Waals surface area contributed by atoms with Crippen LogP contribution < -0.4 is 5.73 Å². The zero-order chi connectivity index (χ0) is 11.8. The third kappa shape index (κ3) is 1.99. The molecular weight excluding hydrogens is 228 g/mol. The Morgan fingerprint density at radius 3 is 2.56 bits per heavy atom. The number of nitrogens with zero attached hydrogens (tertiary/aromatic N) is 1. The number of carbonyl (C=O) groups is 1. The highest BCUT2D eigenvalue weighted by molar-refractivity contribution is 6.30. The van der Waals surface area contributed by atoms with Gasteiger partial charge in [-0.2, -0.15) is 0 Å². The van der Waals surface area contributed by atoms with E-state index in [4.69, 9.17) is 22.4 Å². The molecule has 1 unspecified atom stereocenters. The lowest BCUT2D eigenvalue weighted by Gasteiger charge is -2.24. The van der Waals surface area contributed by atoms with Crippen molar-refractivity contribution in [3.63, 3.8) is 0 Å². The van der Waals surface area contributed by atoms with Crippen LogP contribution in [0.25, 0.3) is 0 Å². The van der Waals surface area contributed by atoms with Crippen LogP contribution in [0.3, 0.4) is 0 Å². The van der Waals surface area contributed by atoms with Crippen molar-refractivity contribution in [2.45, 2.75) is 12.0 Å². The number of likely N-dealkylation sites (tertiary alicyclic amines) is 1. The molecule has 4 nitrogen and oxygen atoms in total. The maximum absolute atomic E-state index is 10.8. The fraction of sp³-hybridized carbons (Fsp3) is 0.364. The Kier molecular flexibility index (Phi) is 2.78. The molecule has 1 heterocycles. The van der Waals surface area contributed by atoms with E-state index in [1.54, 1.807) is 12.1 Å². The summed E-state index contributed by atoms with van der Waals surface area (Å²) >= 11 is 5.80. The number of amides is 1. The smallest absolute Gasteiger partial charge is 0.407 e. The number of rotatable bonds is 1. The monoisotopic (exact) mass is 240 g/mol. The number of halogens is 1. The minimum Gasteiger partial charge on any atom is -0.465 e. The molecule has 1 aromatic rings. The van der Waals surface area contributed by atoms with E-state index in [0.29, 0.717) is 24.5 Å². The third-order valence-electron chi connectivity index (χ3n) is 2.99. The van der Waals surface area contributed by atoms with Crippen LogP contribution in [0.2, 0.25) is 5.02 Å². The molecule has 1 saturated heterocycles. The number of hydrogen-bond acceptors (Lipinski definition) is 2. The summed E-state index contributed by atoms with van der Waals surface area (Å²) in [6.07, 6.45) is -0.276. The van der Waals surface area contributed by atoms with Gasteiger partial charge in [-0.25, -0.2) is 4.79 Å². The van der Waals surface area contributed by atoms with E-state index < -0.39 is 11.6 Å². The first-order valence-electron chi connectivity index (χ1n) is 5.04. The van der Waals surface area contributed by atoms with Crippen molar-refractivity contribution < 1.29 is 9.90 Å². The van der Waals surface area contributed by atoms with Crippen molar-refractivity contribution >= 4 is 17.7 Å². The molecule has 3 N–H and O–H groups in total. The molecule has 1 aliphatic rings. The zero-order valence-corrected chi connectivity index (χ0v) is 9.44. The van der Waals surface area contributed by atoms with Crippen molar-refractivity contribution in [2.75, 3.05) is 13.1 Å². The van der Waals surface area contributed by atoms with E-state index in [1.807, 2.05) is 12.1 Å². The molecule has 0 saturated carbocycles. The molecule has 16 heavy (non-hydrogen) atoms. The van der Waals surface area contributed by atoms with Crippen molar-refractivity contribution in [1.82, 2.24) is 4.90 Å². The second-order valence-corrected chi connectivity index (χ2v) is 4.55. The lowest BCUT2D eigenvalue weighted by Crippen LogP contribution is -2.40. The van der Waals surface area contributed by atoms with E-state index in [1.165, 1.54) is 4.90 Å². The Labute approximate surface area is 98.6 Å². The lowest BCUT2D eigenvalue weighted by molar-refractivity contribution is 0.153. The summed E-state index contributed by atoms with van der Waals surface area (Å²) in [6.45, 7) is 0.818. The van der Waals surface area contributed by atoms with Crippen LogP contribution in [0.4, 0.5) is 4.79 Å². The second-order valence-electron chi connectivity index (χ2n) is 4.12. The molecule has 0 spiro atoms. The molecule has 5 heteroatoms. The van der Waals surface area contributed by atoms with Gasteiger partial charge in [-0.1, -0.05) is 23.7 Å². The van der Waals surface area contributed by atoms with Gasteiger partial charge in [-0.05, 0) is 24.1 Å². The molecule has 1 amide bonds. The normalized spacial score (nSPS) is 24.8. The van der Waals surface area contributed by atoms with E-state index in [2.05, 4.69) is 0 Å². The molecule has 0 bridgehead atoms. The molecule has 0 aliphatic carbocycles. The van der Waals surface area contributed by atoms with Crippen LogP contribution in [0.5, 0.6) is 0 Å². The first-order chi connectivity index (χ1) is 7.51. The predicted molar refractivity (Wildman–Crippen MR) is 61.5 cm³/mol. The van der Waals surface area contributed by atoms with Gasteiger partial charge in [0, 0.05) is 18.1 Å². The summed E-state index contributed by atoms with van der Waals surface area (Å²) in [5.74, 6) is 0. The van der Waals surface area contributed by atoms with Gasteiger partial charge in [0.05, 0.1) is 5.54 Å². The highest BCUT2D eigenvalue weighted by Crippen LogP contribution is 2.30. The SMILES string of the molecule is NC1(c2ccc(Cl)cc2)CCN(C(=O)O)C1. The molecule has 0 radical (unpaired) electrons. The number of carboxylic acid groups (broad SMARTS) is 1. The van der Waals surface area contributed by atoms with Crippen LogP contribution in [0, 0.1) is 0 Å². The molecule has 1 aromatic carbocycles. The van der Waals surface area contributed by atoms with Crippen LogP contribution >= 0.6 is 11.6 Å². The Morgan fingerprint density at radius 1 is 1.44 bits per heavy atom. The molecule has 0 aromatic heterocycles. The van der Waals surface area contributed by atoms with Gasteiger partial charge in [-0.15, -0.1) is 0 Å². The molecule has 86 valence electrons. The summed E-state index contributed by atoms with van der Waals surface area (Å²) in [6, 6.07) is 7.26. The average molecular weight is 241 g/mol. The quantitative estimate of drug-likeness (QED) is 0.788. The molecular formula is C11H13ClN2O2. The van der Waals surface area contributed by atoms with Gasteiger partial charge in [0.2, 0.25) is 0 Å². The van der Waals surface area contributed by atoms with Gasteiger partial charge >= 0.3 is 6.09 Å². The first kappa shape index (κ1) is 11.2. The van der Waals surface area contributed by atoms with Crippen molar-refractivity contribution in [3.05, 3.63) is 34.9 Å². The summed E-state index contributed by atoms with van der Waals surface area (Å²) < 4.78 is 0. The molecule has 2 rings (SSSR count). The maximum Gasteiger partial charge on any atom is 0.407 e. The van der Waals surface area contributed by atoms with E-state index in [-0.39, 0.29) is 0 Å². The highest BCUT2D eigenvalue weighted by atomic mass is 35.5. The fourth-order valence-corrected chi connectivity index (χ4v) is 2.14. The number of benzene rings is 1. The molecule has 1 aliphatic heterocycles. The van der Waals surface area contributed by atoms with Crippen LogP contribution in [-0.2, 0) is 5.54 Å². The Bertz CT molecular complexity index is 407. The summed E-state index contributed by atoms with van der Waals surface area (Å²) in [5, 5.41) is 9.54. The van der Waals surface area contributed by atoms with Gasteiger partial charge in [0.25, 0.3) is 0 Å². The van der Waals surface area contributed by atoms with Gasteiger partial charge in [0.15, 0.2) is 0 Å². The summed E-state index contributed by atoms with van der Waals surface area (Å²) in [7, 11) is 0. The lowest BCUT2D eigenvalue weighted by atomic mass is 9.90.